The third-order valence-corrected chi connectivity index (χ3v) is 5.08. The molecule has 6 heteroatoms. The van der Waals surface area contributed by atoms with Crippen LogP contribution in [0.5, 0.6) is 5.75 Å². The van der Waals surface area contributed by atoms with Crippen LogP contribution in [0.2, 0.25) is 0 Å². The van der Waals surface area contributed by atoms with Crippen molar-refractivity contribution in [2.45, 2.75) is 10.9 Å². The highest BCUT2D eigenvalue weighted by atomic mass is 32.2. The Morgan fingerprint density at radius 2 is 1.92 bits per heavy atom. The number of imidazole rings is 1. The van der Waals surface area contributed by atoms with Gasteiger partial charge in [-0.25, -0.2) is 4.98 Å². The molecule has 0 bridgehead atoms. The predicted octanol–water partition coefficient (Wildman–Crippen LogP) is 3.08. The Kier molecular flexibility index (Phi) is 4.43. The molecule has 126 valence electrons. The summed E-state index contributed by atoms with van der Waals surface area (Å²) >= 11 is 0. The highest BCUT2D eigenvalue weighted by molar-refractivity contribution is 7.84. The Labute approximate surface area is 144 Å². The average molecular weight is 344 g/mol. The Bertz CT molecular complexity index is 864. The number of nitrogens with one attached hydrogen (secondary N) is 1. The fraction of sp³-hybridized carbons (Fsp3) is 0.278. The first-order valence-electron chi connectivity index (χ1n) is 7.70. The highest BCUT2D eigenvalue weighted by Crippen LogP contribution is 2.29. The second-order valence-corrected chi connectivity index (χ2v) is 7.92. The van der Waals surface area contributed by atoms with E-state index in [0.29, 0.717) is 15.4 Å². The van der Waals surface area contributed by atoms with Gasteiger partial charge in [-0.15, -0.1) is 0 Å². The first-order chi connectivity index (χ1) is 11.4. The van der Waals surface area contributed by atoms with Crippen LogP contribution in [0, 0.1) is 0 Å². The molecule has 0 saturated carbocycles. The number of aromatic amines is 1. The number of nitrogens with zero attached hydrogens (tertiary/aromatic N) is 2. The van der Waals surface area contributed by atoms with Gasteiger partial charge in [-0.2, -0.15) is 0 Å². The minimum atomic E-state index is -1.25. The lowest BCUT2D eigenvalue weighted by molar-refractivity contribution is 0.413. The molecule has 1 N–H and O–H groups in total. The van der Waals surface area contributed by atoms with Crippen LogP contribution in [0.3, 0.4) is 0 Å². The van der Waals surface area contributed by atoms with E-state index in [9.17, 15) is 4.21 Å². The maximum atomic E-state index is 12.8. The first kappa shape index (κ1) is 16.7. The fourth-order valence-electron chi connectivity index (χ4n) is 2.71. The van der Waals surface area contributed by atoms with Gasteiger partial charge in [-0.3, -0.25) is 8.69 Å². The van der Waals surface area contributed by atoms with Crippen molar-refractivity contribution >= 4 is 27.5 Å². The number of fused-ring (bicyclic) bond motifs is 1. The van der Waals surface area contributed by atoms with Crippen LogP contribution in [0.15, 0.2) is 47.6 Å². The van der Waals surface area contributed by atoms with Crippen molar-refractivity contribution in [3.05, 3.63) is 48.0 Å². The van der Waals surface area contributed by atoms with Crippen molar-refractivity contribution in [3.8, 4) is 5.75 Å². The van der Waals surface area contributed by atoms with Gasteiger partial charge in [0.05, 0.1) is 55.8 Å². The number of hydrogen-bond acceptors (Lipinski definition) is 3. The number of rotatable bonds is 5. The molecule has 0 aliphatic heterocycles. The van der Waals surface area contributed by atoms with Crippen LogP contribution in [0.25, 0.3) is 11.0 Å². The van der Waals surface area contributed by atoms with Crippen LogP contribution >= 0.6 is 0 Å². The molecule has 0 aliphatic rings. The number of benzene rings is 2. The Hall–Kier alpha value is -2.18. The van der Waals surface area contributed by atoms with Crippen LogP contribution in [0.1, 0.15) is 5.56 Å². The van der Waals surface area contributed by atoms with Crippen molar-refractivity contribution < 1.29 is 8.95 Å². The van der Waals surface area contributed by atoms with Crippen molar-refractivity contribution in [2.75, 3.05) is 28.3 Å². The second kappa shape index (κ2) is 6.37. The summed E-state index contributed by atoms with van der Waals surface area (Å²) in [6.45, 7) is 0. The van der Waals surface area contributed by atoms with Gasteiger partial charge in [0, 0.05) is 11.6 Å². The number of ether oxygens (including phenoxy) is 1. The quantitative estimate of drug-likeness (QED) is 0.724. The van der Waals surface area contributed by atoms with E-state index in [1.165, 1.54) is 0 Å². The van der Waals surface area contributed by atoms with E-state index in [1.807, 2.05) is 42.5 Å². The molecule has 24 heavy (non-hydrogen) atoms. The molecule has 3 rings (SSSR count). The zero-order chi connectivity index (χ0) is 17.3. The van der Waals surface area contributed by atoms with Crippen LogP contribution in [0.4, 0.5) is 5.69 Å². The minimum absolute atomic E-state index is 0.391. The molecule has 5 nitrogen and oxygen atoms in total. The molecule has 0 fully saturated rings. The average Bonchev–Trinajstić information content (AvgIpc) is 2.98. The molecular weight excluding hydrogens is 322 g/mol. The topological polar surface area (TPSA) is 55.0 Å². The van der Waals surface area contributed by atoms with E-state index in [2.05, 4.69) is 31.1 Å². The molecule has 3 aromatic rings. The molecule has 1 aromatic heterocycles. The van der Waals surface area contributed by atoms with E-state index in [1.54, 1.807) is 7.11 Å². The normalized spacial score (nSPS) is 13.2. The Balaban J connectivity index is 1.95. The third-order valence-electron chi connectivity index (χ3n) is 3.88. The zero-order valence-electron chi connectivity index (χ0n) is 14.4. The van der Waals surface area contributed by atoms with E-state index < -0.39 is 10.8 Å². The summed E-state index contributed by atoms with van der Waals surface area (Å²) in [7, 11) is 6.66. The van der Waals surface area contributed by atoms with Crippen molar-refractivity contribution in [3.63, 3.8) is 0 Å². The summed E-state index contributed by atoms with van der Waals surface area (Å²) in [5, 5.41) is 0.506. The molecule has 0 radical (unpaired) electrons. The summed E-state index contributed by atoms with van der Waals surface area (Å²) in [5.41, 5.74) is 3.84. The molecule has 0 spiro atoms. The third kappa shape index (κ3) is 3.34. The first-order valence-corrected chi connectivity index (χ1v) is 9.02. The Morgan fingerprint density at radius 3 is 2.58 bits per heavy atom. The van der Waals surface area contributed by atoms with Gasteiger partial charge in [-0.1, -0.05) is 12.1 Å². The molecule has 0 aliphatic carbocycles. The number of H-pyrrole nitrogens is 1. The van der Waals surface area contributed by atoms with E-state index in [-0.39, 0.29) is 0 Å². The second-order valence-electron chi connectivity index (χ2n) is 6.56. The lowest BCUT2D eigenvalue weighted by Gasteiger charge is -2.26. The van der Waals surface area contributed by atoms with E-state index in [0.717, 1.165) is 28.0 Å². The van der Waals surface area contributed by atoms with Gasteiger partial charge >= 0.3 is 0 Å². The van der Waals surface area contributed by atoms with Gasteiger partial charge in [-0.05, 0) is 24.3 Å². The molecule has 2 aromatic carbocycles. The molecular formula is C18H22N3O2S+. The summed E-state index contributed by atoms with van der Waals surface area (Å²) in [4.78, 5) is 7.61. The molecule has 1 unspecified atom stereocenters. The number of methoxy groups -OCH3 is 1. The van der Waals surface area contributed by atoms with Crippen LogP contribution in [-0.4, -0.2) is 42.4 Å². The Morgan fingerprint density at radius 1 is 1.17 bits per heavy atom. The van der Waals surface area contributed by atoms with E-state index >= 15 is 0 Å². The van der Waals surface area contributed by atoms with Crippen LogP contribution in [-0.2, 0) is 16.6 Å². The minimum Gasteiger partial charge on any atom is -0.497 e. The van der Waals surface area contributed by atoms with Gasteiger partial charge in [0.2, 0.25) is 0 Å². The number of hydrogen-bond donors (Lipinski definition) is 1. The van der Waals surface area contributed by atoms with Crippen molar-refractivity contribution in [1.82, 2.24) is 14.5 Å². The number of aromatic nitrogens is 2. The van der Waals surface area contributed by atoms with Gasteiger partial charge < -0.3 is 9.72 Å². The number of para-hydroxylation sites is 2. The summed E-state index contributed by atoms with van der Waals surface area (Å²) in [5.74, 6) is 1.16. The smallest absolute Gasteiger partial charge is 0.197 e. The molecule has 0 saturated heterocycles. The van der Waals surface area contributed by atoms with Crippen LogP contribution < -0.4 is 9.22 Å². The molecule has 0 amide bonds. The van der Waals surface area contributed by atoms with Gasteiger partial charge in [0.1, 0.15) is 11.4 Å². The lowest BCUT2D eigenvalue weighted by atomic mass is 10.1. The van der Waals surface area contributed by atoms with Gasteiger partial charge in [0.15, 0.2) is 5.16 Å². The highest BCUT2D eigenvalue weighted by Gasteiger charge is 2.21. The van der Waals surface area contributed by atoms with Crippen molar-refractivity contribution in [2.24, 2.45) is 0 Å². The molecule has 1 atom stereocenters. The zero-order valence-corrected chi connectivity index (χ0v) is 15.2. The maximum absolute atomic E-state index is 12.8. The fourth-order valence-corrected chi connectivity index (χ4v) is 3.78. The lowest BCUT2D eigenvalue weighted by Crippen LogP contribution is -2.35. The summed E-state index contributed by atoms with van der Waals surface area (Å²) in [6, 6.07) is 13.6. The maximum Gasteiger partial charge on any atom is 0.197 e. The predicted molar refractivity (Wildman–Crippen MR) is 98.8 cm³/mol. The molecule has 1 heterocycles. The SMILES string of the molecule is COc1ccc([N+](C)(C)C)c(CS(=O)c2nc3ccccc3[nH]2)c1. The van der Waals surface area contributed by atoms with Gasteiger partial charge in [0.25, 0.3) is 0 Å². The monoisotopic (exact) mass is 344 g/mol. The van der Waals surface area contributed by atoms with E-state index in [4.69, 9.17) is 4.74 Å². The largest absolute Gasteiger partial charge is 0.497 e. The summed E-state index contributed by atoms with van der Waals surface area (Å²) < 4.78 is 18.8. The van der Waals surface area contributed by atoms with Crippen molar-refractivity contribution in [1.29, 1.82) is 0 Å². The summed E-state index contributed by atoms with van der Waals surface area (Å²) in [6.07, 6.45) is 0. The standard InChI is InChI=1S/C18H22N3O2S/c1-21(2,3)17-10-9-14(23-4)11-13(17)12-24(22)18-19-15-7-5-6-8-16(15)20-18/h5-11H,12H2,1-4H3,(H,19,20)/q+1. The number of quaternary nitrogens is 1.